The third-order valence-electron chi connectivity index (χ3n) is 4.83. The van der Waals surface area contributed by atoms with E-state index in [2.05, 4.69) is 10.5 Å². The molecule has 1 amide bonds. The third kappa shape index (κ3) is 4.29. The predicted molar refractivity (Wildman–Crippen MR) is 115 cm³/mol. The van der Waals surface area contributed by atoms with Crippen molar-refractivity contribution in [2.24, 2.45) is 5.10 Å². The highest BCUT2D eigenvalue weighted by atomic mass is 19.1. The van der Waals surface area contributed by atoms with Crippen LogP contribution in [-0.2, 0) is 11.3 Å². The molecule has 0 radical (unpaired) electrons. The molecule has 3 aromatic carbocycles. The number of hydrogen-bond acceptors (Lipinski definition) is 3. The van der Waals surface area contributed by atoms with Crippen LogP contribution in [0.25, 0.3) is 10.9 Å². The average Bonchev–Trinajstić information content (AvgIpc) is 3.13. The highest BCUT2D eigenvalue weighted by Gasteiger charge is 2.16. The summed E-state index contributed by atoms with van der Waals surface area (Å²) in [4.78, 5) is 12.2. The van der Waals surface area contributed by atoms with Crippen molar-refractivity contribution < 1.29 is 14.3 Å². The van der Waals surface area contributed by atoms with Crippen LogP contribution in [0.2, 0.25) is 0 Å². The van der Waals surface area contributed by atoms with E-state index in [0.29, 0.717) is 12.1 Å². The van der Waals surface area contributed by atoms with Crippen molar-refractivity contribution in [3.8, 4) is 0 Å². The highest BCUT2D eigenvalue weighted by molar-refractivity contribution is 5.99. The van der Waals surface area contributed by atoms with Gasteiger partial charge in [0.15, 0.2) is 6.10 Å². The van der Waals surface area contributed by atoms with Crippen LogP contribution in [-0.4, -0.2) is 21.8 Å². The van der Waals surface area contributed by atoms with E-state index >= 15 is 0 Å². The summed E-state index contributed by atoms with van der Waals surface area (Å²) in [5, 5.41) is 15.1. The molecular weight excluding hydrogens is 381 g/mol. The molecule has 5 nitrogen and oxygen atoms in total. The number of rotatable bonds is 6. The van der Waals surface area contributed by atoms with Gasteiger partial charge in [0, 0.05) is 29.2 Å². The van der Waals surface area contributed by atoms with Gasteiger partial charge in [-0.3, -0.25) is 4.79 Å². The number of aliphatic hydroxyl groups excluding tert-OH is 1. The highest BCUT2D eigenvalue weighted by Crippen LogP contribution is 2.21. The van der Waals surface area contributed by atoms with Crippen molar-refractivity contribution in [3.63, 3.8) is 0 Å². The molecule has 4 aromatic rings. The molecule has 1 heterocycles. The standard InChI is InChI=1S/C24H20FN3O2/c25-20-12-10-17(11-13-20)15-28-16-19(21-8-4-5-9-22(21)28)14-26-27-24(30)23(29)18-6-2-1-3-7-18/h1-14,16,23,29H,15H2,(H,27,30)/b26-14+. The molecule has 4 rings (SSSR count). The van der Waals surface area contributed by atoms with Crippen molar-refractivity contribution in [3.05, 3.63) is 108 Å². The molecule has 1 unspecified atom stereocenters. The summed E-state index contributed by atoms with van der Waals surface area (Å²) < 4.78 is 15.2. The molecular formula is C24H20FN3O2. The molecule has 0 saturated heterocycles. The summed E-state index contributed by atoms with van der Waals surface area (Å²) in [6.45, 7) is 0.577. The molecule has 0 saturated carbocycles. The maximum absolute atomic E-state index is 13.2. The number of aromatic nitrogens is 1. The van der Waals surface area contributed by atoms with Crippen molar-refractivity contribution in [1.29, 1.82) is 0 Å². The predicted octanol–water partition coefficient (Wildman–Crippen LogP) is 4.01. The number of hydrogen-bond donors (Lipinski definition) is 2. The number of amides is 1. The van der Waals surface area contributed by atoms with Crippen LogP contribution in [0.1, 0.15) is 22.8 Å². The zero-order chi connectivity index (χ0) is 20.9. The van der Waals surface area contributed by atoms with Crippen molar-refractivity contribution in [1.82, 2.24) is 9.99 Å². The van der Waals surface area contributed by atoms with E-state index in [4.69, 9.17) is 0 Å². The summed E-state index contributed by atoms with van der Waals surface area (Å²) in [6.07, 6.45) is 2.19. The molecule has 6 heteroatoms. The molecule has 30 heavy (non-hydrogen) atoms. The Kier molecular flexibility index (Phi) is 5.68. The van der Waals surface area contributed by atoms with E-state index in [1.54, 1.807) is 42.6 Å². The lowest BCUT2D eigenvalue weighted by Crippen LogP contribution is -2.25. The minimum absolute atomic E-state index is 0.266. The molecule has 0 spiro atoms. The Morgan fingerprint density at radius 3 is 2.50 bits per heavy atom. The second kappa shape index (κ2) is 8.71. The van der Waals surface area contributed by atoms with Gasteiger partial charge in [0.25, 0.3) is 5.91 Å². The van der Waals surface area contributed by atoms with Crippen molar-refractivity contribution in [2.75, 3.05) is 0 Å². The van der Waals surface area contributed by atoms with E-state index in [1.807, 2.05) is 41.1 Å². The van der Waals surface area contributed by atoms with E-state index in [-0.39, 0.29) is 5.82 Å². The van der Waals surface area contributed by atoms with Gasteiger partial charge in [0.05, 0.1) is 6.21 Å². The first-order valence-electron chi connectivity index (χ1n) is 9.50. The Labute approximate surface area is 173 Å². The first kappa shape index (κ1) is 19.5. The van der Waals surface area contributed by atoms with Crippen LogP contribution in [0, 0.1) is 5.82 Å². The van der Waals surface area contributed by atoms with Gasteiger partial charge in [-0.2, -0.15) is 5.10 Å². The first-order valence-corrected chi connectivity index (χ1v) is 9.50. The Morgan fingerprint density at radius 2 is 1.73 bits per heavy atom. The number of aliphatic hydroxyl groups is 1. The molecule has 0 aliphatic heterocycles. The molecule has 0 fully saturated rings. The van der Waals surface area contributed by atoms with Crippen LogP contribution in [0.15, 0.2) is 90.2 Å². The van der Waals surface area contributed by atoms with Gasteiger partial charge in [-0.1, -0.05) is 60.7 Å². The summed E-state index contributed by atoms with van der Waals surface area (Å²) in [7, 11) is 0. The summed E-state index contributed by atoms with van der Waals surface area (Å²) in [5.41, 5.74) is 5.68. The Morgan fingerprint density at radius 1 is 1.03 bits per heavy atom. The fourth-order valence-electron chi connectivity index (χ4n) is 3.31. The quantitative estimate of drug-likeness (QED) is 0.379. The zero-order valence-electron chi connectivity index (χ0n) is 16.1. The maximum Gasteiger partial charge on any atom is 0.273 e. The van der Waals surface area contributed by atoms with Gasteiger partial charge in [-0.25, -0.2) is 9.82 Å². The van der Waals surface area contributed by atoms with Gasteiger partial charge in [-0.05, 0) is 29.3 Å². The number of carbonyl (C=O) groups is 1. The van der Waals surface area contributed by atoms with Crippen molar-refractivity contribution in [2.45, 2.75) is 12.6 Å². The molecule has 0 aliphatic carbocycles. The average molecular weight is 401 g/mol. The van der Waals surface area contributed by atoms with Crippen LogP contribution in [0.5, 0.6) is 0 Å². The first-order chi connectivity index (χ1) is 14.6. The number of fused-ring (bicyclic) bond motifs is 1. The summed E-state index contributed by atoms with van der Waals surface area (Å²) in [5.74, 6) is -0.870. The van der Waals surface area contributed by atoms with Crippen molar-refractivity contribution >= 4 is 23.0 Å². The monoisotopic (exact) mass is 401 g/mol. The van der Waals surface area contributed by atoms with Crippen LogP contribution < -0.4 is 5.43 Å². The molecule has 150 valence electrons. The van der Waals surface area contributed by atoms with Crippen LogP contribution in [0.3, 0.4) is 0 Å². The number of carbonyl (C=O) groups excluding carboxylic acids is 1. The zero-order valence-corrected chi connectivity index (χ0v) is 16.1. The number of nitrogens with zero attached hydrogens (tertiary/aromatic N) is 2. The van der Waals surface area contributed by atoms with E-state index in [0.717, 1.165) is 22.0 Å². The Hall–Kier alpha value is -3.77. The van der Waals surface area contributed by atoms with Gasteiger partial charge in [0.1, 0.15) is 5.82 Å². The second-order valence-electron chi connectivity index (χ2n) is 6.90. The Bertz CT molecular complexity index is 1180. The largest absolute Gasteiger partial charge is 0.378 e. The number of nitrogens with one attached hydrogen (secondary N) is 1. The number of para-hydroxylation sites is 1. The van der Waals surface area contributed by atoms with E-state index in [1.165, 1.54) is 12.1 Å². The smallest absolute Gasteiger partial charge is 0.273 e. The Balaban J connectivity index is 1.52. The topological polar surface area (TPSA) is 66.6 Å². The van der Waals surface area contributed by atoms with Gasteiger partial charge in [-0.15, -0.1) is 0 Å². The second-order valence-corrected chi connectivity index (χ2v) is 6.90. The van der Waals surface area contributed by atoms with Crippen LogP contribution >= 0.6 is 0 Å². The summed E-state index contributed by atoms with van der Waals surface area (Å²) >= 11 is 0. The minimum Gasteiger partial charge on any atom is -0.378 e. The van der Waals surface area contributed by atoms with E-state index in [9.17, 15) is 14.3 Å². The number of benzene rings is 3. The van der Waals surface area contributed by atoms with Gasteiger partial charge < -0.3 is 9.67 Å². The lowest BCUT2D eigenvalue weighted by Gasteiger charge is -2.08. The fourth-order valence-corrected chi connectivity index (χ4v) is 3.31. The maximum atomic E-state index is 13.2. The number of hydrazone groups is 1. The minimum atomic E-state index is -1.29. The summed E-state index contributed by atoms with van der Waals surface area (Å²) in [6, 6.07) is 22.9. The van der Waals surface area contributed by atoms with Gasteiger partial charge in [0.2, 0.25) is 0 Å². The van der Waals surface area contributed by atoms with Crippen LogP contribution in [0.4, 0.5) is 4.39 Å². The molecule has 2 N–H and O–H groups in total. The normalized spacial score (nSPS) is 12.3. The molecule has 1 atom stereocenters. The fraction of sp³-hybridized carbons (Fsp3) is 0.0833. The van der Waals surface area contributed by atoms with Gasteiger partial charge >= 0.3 is 0 Å². The number of halogens is 1. The molecule has 1 aromatic heterocycles. The van der Waals surface area contributed by atoms with E-state index < -0.39 is 12.0 Å². The lowest BCUT2D eigenvalue weighted by molar-refractivity contribution is -0.129. The third-order valence-corrected chi connectivity index (χ3v) is 4.83. The molecule has 0 bridgehead atoms. The lowest BCUT2D eigenvalue weighted by atomic mass is 10.1. The molecule has 0 aliphatic rings. The SMILES string of the molecule is O=C(N/N=C/c1cn(Cc2ccc(F)cc2)c2ccccc12)C(O)c1ccccc1.